The average Bonchev–Trinajstić information content (AvgIpc) is 3.90. The van der Waals surface area contributed by atoms with Crippen LogP contribution >= 0.6 is 0 Å². The Morgan fingerprint density at radius 2 is 0.908 bits per heavy atom. The summed E-state index contributed by atoms with van der Waals surface area (Å²) >= 11 is 0. The van der Waals surface area contributed by atoms with Crippen LogP contribution in [-0.4, -0.2) is 19.1 Å². The predicted molar refractivity (Wildman–Crippen MR) is 275 cm³/mol. The first kappa shape index (κ1) is 36.2. The highest BCUT2D eigenvalue weighted by atomic mass is 15.0. The van der Waals surface area contributed by atoms with Crippen LogP contribution in [0.25, 0.3) is 126 Å². The summed E-state index contributed by atoms with van der Waals surface area (Å²) in [5, 5.41) is 14.3. The van der Waals surface area contributed by atoms with Crippen LogP contribution in [0.4, 0.5) is 0 Å². The number of fused-ring (bicyclic) bond motifs is 17. The van der Waals surface area contributed by atoms with Crippen molar-refractivity contribution in [2.45, 2.75) is 13.3 Å². The van der Waals surface area contributed by atoms with Gasteiger partial charge in [-0.1, -0.05) is 140 Å². The SMILES string of the molecule is CC1CC=CC=C1c1ccc2cc(-n3c4cccnc4c4c5ccccc5c5c(c6ccccc6c6c7ncccc7n(-c7ccc8cc(-c9ccccc9)ccc8c7)c65)c43)ccc2c1. The van der Waals surface area contributed by atoms with Gasteiger partial charge in [-0.05, 0) is 138 Å². The molecule has 0 saturated carbocycles. The molecule has 1 aliphatic rings. The number of benzene rings is 9. The second-order valence-electron chi connectivity index (χ2n) is 17.7. The molecule has 4 aromatic heterocycles. The Morgan fingerprint density at radius 3 is 1.46 bits per heavy atom. The minimum atomic E-state index is 0.495. The fourth-order valence-electron chi connectivity index (χ4n) is 11.2. The summed E-state index contributed by atoms with van der Waals surface area (Å²) < 4.78 is 4.96. The van der Waals surface area contributed by atoms with Crippen LogP contribution in [0.1, 0.15) is 18.9 Å². The topological polar surface area (TPSA) is 35.6 Å². The van der Waals surface area contributed by atoms with Gasteiger partial charge in [-0.3, -0.25) is 9.97 Å². The van der Waals surface area contributed by atoms with Gasteiger partial charge in [-0.15, -0.1) is 0 Å². The maximum Gasteiger partial charge on any atom is 0.0969 e. The van der Waals surface area contributed by atoms with E-state index in [0.717, 1.165) is 61.7 Å². The first-order valence-corrected chi connectivity index (χ1v) is 22.6. The average molecular weight is 829 g/mol. The molecular weight excluding hydrogens is 789 g/mol. The molecule has 0 aliphatic heterocycles. The summed E-state index contributed by atoms with van der Waals surface area (Å²) in [5.41, 5.74) is 13.8. The number of aromatic nitrogens is 4. The molecule has 1 unspecified atom stereocenters. The van der Waals surface area contributed by atoms with Crippen molar-refractivity contribution < 1.29 is 0 Å². The fraction of sp³-hybridized carbons (Fsp3) is 0.0492. The molecule has 65 heavy (non-hydrogen) atoms. The van der Waals surface area contributed by atoms with Gasteiger partial charge in [0.1, 0.15) is 0 Å². The van der Waals surface area contributed by atoms with E-state index in [-0.39, 0.29) is 0 Å². The molecule has 4 heteroatoms. The van der Waals surface area contributed by atoms with Gasteiger partial charge in [0, 0.05) is 45.3 Å². The van der Waals surface area contributed by atoms with Crippen molar-refractivity contribution >= 4 is 103 Å². The lowest BCUT2D eigenvalue weighted by atomic mass is 9.87. The first-order valence-electron chi connectivity index (χ1n) is 22.6. The number of allylic oxidation sites excluding steroid dienone is 4. The number of hydrogen-bond donors (Lipinski definition) is 0. The third-order valence-electron chi connectivity index (χ3n) is 14.1. The van der Waals surface area contributed by atoms with E-state index in [1.165, 1.54) is 76.1 Å². The Balaban J connectivity index is 1.12. The van der Waals surface area contributed by atoms with Gasteiger partial charge in [-0.25, -0.2) is 0 Å². The third kappa shape index (κ3) is 5.25. The van der Waals surface area contributed by atoms with Crippen LogP contribution in [0.3, 0.4) is 0 Å². The van der Waals surface area contributed by atoms with Gasteiger partial charge in [-0.2, -0.15) is 0 Å². The molecule has 1 atom stereocenters. The Hall–Kier alpha value is -8.34. The van der Waals surface area contributed by atoms with Crippen LogP contribution in [0.2, 0.25) is 0 Å². The second-order valence-corrected chi connectivity index (χ2v) is 17.7. The van der Waals surface area contributed by atoms with E-state index in [1.807, 2.05) is 12.4 Å². The van der Waals surface area contributed by atoms with E-state index in [2.05, 4.69) is 210 Å². The van der Waals surface area contributed by atoms with Crippen molar-refractivity contribution in [1.29, 1.82) is 0 Å². The number of pyridine rings is 2. The highest BCUT2D eigenvalue weighted by Gasteiger charge is 2.27. The van der Waals surface area contributed by atoms with Gasteiger partial charge in [0.05, 0.1) is 33.1 Å². The highest BCUT2D eigenvalue weighted by Crippen LogP contribution is 2.50. The summed E-state index contributed by atoms with van der Waals surface area (Å²) in [6.45, 7) is 2.32. The maximum absolute atomic E-state index is 5.19. The summed E-state index contributed by atoms with van der Waals surface area (Å²) in [6.07, 6.45) is 11.7. The largest absolute Gasteiger partial charge is 0.307 e. The smallest absolute Gasteiger partial charge is 0.0969 e. The minimum absolute atomic E-state index is 0.495. The normalized spacial score (nSPS) is 14.4. The van der Waals surface area contributed by atoms with Crippen LogP contribution in [0.15, 0.2) is 207 Å². The molecular formula is C61H40N4. The van der Waals surface area contributed by atoms with E-state index in [0.29, 0.717) is 5.92 Å². The molecule has 4 nitrogen and oxygen atoms in total. The summed E-state index contributed by atoms with van der Waals surface area (Å²) in [7, 11) is 0. The predicted octanol–water partition coefficient (Wildman–Crippen LogP) is 16.1. The van der Waals surface area contributed by atoms with Crippen LogP contribution < -0.4 is 0 Å². The zero-order valence-electron chi connectivity index (χ0n) is 35.7. The quantitative estimate of drug-likeness (QED) is 0.166. The zero-order valence-corrected chi connectivity index (χ0v) is 35.7. The van der Waals surface area contributed by atoms with Crippen molar-refractivity contribution in [2.75, 3.05) is 0 Å². The molecule has 14 rings (SSSR count). The number of nitrogens with zero attached hydrogens (tertiary/aromatic N) is 4. The van der Waals surface area contributed by atoms with Gasteiger partial charge >= 0.3 is 0 Å². The zero-order chi connectivity index (χ0) is 42.8. The molecule has 1 aliphatic carbocycles. The minimum Gasteiger partial charge on any atom is -0.307 e. The van der Waals surface area contributed by atoms with Crippen LogP contribution in [0.5, 0.6) is 0 Å². The Kier molecular flexibility index (Phi) is 7.70. The molecule has 0 fully saturated rings. The van der Waals surface area contributed by atoms with Crippen LogP contribution in [-0.2, 0) is 0 Å². The summed E-state index contributed by atoms with van der Waals surface area (Å²) in [4.78, 5) is 10.4. The number of rotatable bonds is 4. The molecule has 0 radical (unpaired) electrons. The molecule has 9 aromatic carbocycles. The molecule has 0 amide bonds. The van der Waals surface area contributed by atoms with E-state index < -0.39 is 0 Å². The molecule has 4 heterocycles. The van der Waals surface area contributed by atoms with Crippen molar-refractivity contribution in [3.63, 3.8) is 0 Å². The molecule has 0 spiro atoms. The first-order chi connectivity index (χ1) is 32.2. The van der Waals surface area contributed by atoms with Crippen LogP contribution in [0, 0.1) is 5.92 Å². The highest BCUT2D eigenvalue weighted by molar-refractivity contribution is 6.43. The summed E-state index contributed by atoms with van der Waals surface area (Å²) in [6, 6.07) is 64.8. The molecule has 0 bridgehead atoms. The Bertz CT molecular complexity index is 4220. The lowest BCUT2D eigenvalue weighted by Crippen LogP contribution is -2.00. The molecule has 304 valence electrons. The van der Waals surface area contributed by atoms with Gasteiger partial charge in [0.15, 0.2) is 0 Å². The van der Waals surface area contributed by atoms with Crippen molar-refractivity contribution in [1.82, 2.24) is 19.1 Å². The van der Waals surface area contributed by atoms with Gasteiger partial charge in [0.25, 0.3) is 0 Å². The van der Waals surface area contributed by atoms with E-state index >= 15 is 0 Å². The maximum atomic E-state index is 5.19. The second kappa shape index (κ2) is 13.8. The van der Waals surface area contributed by atoms with Gasteiger partial charge < -0.3 is 9.13 Å². The molecule has 0 saturated heterocycles. The lowest BCUT2D eigenvalue weighted by molar-refractivity contribution is 0.759. The van der Waals surface area contributed by atoms with Crippen molar-refractivity contribution in [2.24, 2.45) is 5.92 Å². The molecule has 0 N–H and O–H groups in total. The van der Waals surface area contributed by atoms with E-state index in [4.69, 9.17) is 9.97 Å². The van der Waals surface area contributed by atoms with Crippen molar-refractivity contribution in [3.8, 4) is 22.5 Å². The lowest BCUT2D eigenvalue weighted by Gasteiger charge is -2.19. The summed E-state index contributed by atoms with van der Waals surface area (Å²) in [5.74, 6) is 0.495. The van der Waals surface area contributed by atoms with E-state index in [9.17, 15) is 0 Å². The van der Waals surface area contributed by atoms with E-state index in [1.54, 1.807) is 0 Å². The van der Waals surface area contributed by atoms with Crippen molar-refractivity contribution in [3.05, 3.63) is 212 Å². The Labute approximate surface area is 374 Å². The Morgan fingerprint density at radius 1 is 0.431 bits per heavy atom. The van der Waals surface area contributed by atoms with Gasteiger partial charge in [0.2, 0.25) is 0 Å². The number of hydrogen-bond acceptors (Lipinski definition) is 2. The fourth-order valence-corrected chi connectivity index (χ4v) is 11.2. The third-order valence-corrected chi connectivity index (χ3v) is 14.1. The monoisotopic (exact) mass is 828 g/mol. The standard InChI is InChI=1S/C61H40N4/c1-37-13-5-6-16-47(37)44-26-25-43-36-46(30-28-41(43)34-44)65-53-22-12-32-63-59(53)57-51-20-10-7-17-48(51)54-55(61(57)65)49-18-8-9-19-50(49)56-58-52(21-11-31-62-58)64(60(54)56)45-29-27-40-33-39(23-24-42(40)35-45)38-14-3-2-4-15-38/h2-12,14-37H,13H2,1H3. The molecule has 13 aromatic rings.